The Morgan fingerprint density at radius 3 is 2.41 bits per heavy atom. The van der Waals surface area contributed by atoms with Gasteiger partial charge in [-0.15, -0.1) is 0 Å². The summed E-state index contributed by atoms with van der Waals surface area (Å²) in [7, 11) is 0. The van der Waals surface area contributed by atoms with E-state index in [0.717, 1.165) is 16.1 Å². The molecule has 3 aromatic rings. The van der Waals surface area contributed by atoms with E-state index in [1.165, 1.54) is 16.2 Å². The molecule has 0 bridgehead atoms. The average molecular weight is 285 g/mol. The molecular formula is C15H9BrO. The quantitative estimate of drug-likeness (QED) is 0.473. The number of fused-ring (bicyclic) bond motifs is 3. The molecule has 0 aliphatic rings. The van der Waals surface area contributed by atoms with E-state index in [1.54, 1.807) is 0 Å². The Hall–Kier alpha value is -1.67. The van der Waals surface area contributed by atoms with Crippen molar-refractivity contribution in [3.8, 4) is 0 Å². The van der Waals surface area contributed by atoms with Crippen LogP contribution in [0.5, 0.6) is 0 Å². The first-order chi connectivity index (χ1) is 8.29. The third-order valence-corrected chi connectivity index (χ3v) is 3.62. The van der Waals surface area contributed by atoms with Gasteiger partial charge in [-0.2, -0.15) is 0 Å². The van der Waals surface area contributed by atoms with E-state index in [2.05, 4.69) is 34.1 Å². The second-order valence-corrected chi connectivity index (χ2v) is 4.86. The fourth-order valence-corrected chi connectivity index (χ4v) is 2.75. The van der Waals surface area contributed by atoms with Crippen molar-refractivity contribution in [2.45, 2.75) is 0 Å². The zero-order chi connectivity index (χ0) is 11.8. The summed E-state index contributed by atoms with van der Waals surface area (Å²) in [6.45, 7) is 0. The predicted molar refractivity (Wildman–Crippen MR) is 74.5 cm³/mol. The summed E-state index contributed by atoms with van der Waals surface area (Å²) in [5, 5.41) is 4.66. The molecule has 82 valence electrons. The fraction of sp³-hybridized carbons (Fsp3) is 0. The van der Waals surface area contributed by atoms with E-state index < -0.39 is 0 Å². The first-order valence-corrected chi connectivity index (χ1v) is 6.15. The first kappa shape index (κ1) is 10.5. The number of hydrogen-bond donors (Lipinski definition) is 0. The highest BCUT2D eigenvalue weighted by Crippen LogP contribution is 2.32. The van der Waals surface area contributed by atoms with E-state index in [-0.39, 0.29) is 0 Å². The third-order valence-electron chi connectivity index (χ3n) is 2.97. The molecule has 0 atom stereocenters. The highest BCUT2D eigenvalue weighted by molar-refractivity contribution is 9.10. The normalized spacial score (nSPS) is 10.9. The van der Waals surface area contributed by atoms with Crippen molar-refractivity contribution < 1.29 is 4.79 Å². The monoisotopic (exact) mass is 284 g/mol. The molecule has 0 aliphatic heterocycles. The van der Waals surface area contributed by atoms with E-state index in [1.807, 2.05) is 30.3 Å². The Balaban J connectivity index is 2.52. The van der Waals surface area contributed by atoms with Crippen LogP contribution in [-0.2, 0) is 0 Å². The van der Waals surface area contributed by atoms with Crippen LogP contribution in [0.25, 0.3) is 21.5 Å². The van der Waals surface area contributed by atoms with Crippen LogP contribution in [0.3, 0.4) is 0 Å². The van der Waals surface area contributed by atoms with Crippen molar-refractivity contribution in [3.63, 3.8) is 0 Å². The van der Waals surface area contributed by atoms with Gasteiger partial charge in [0.2, 0.25) is 0 Å². The molecule has 1 nitrogen and oxygen atoms in total. The van der Waals surface area contributed by atoms with Gasteiger partial charge in [0.15, 0.2) is 0 Å². The molecular weight excluding hydrogens is 276 g/mol. The van der Waals surface area contributed by atoms with Crippen LogP contribution in [0, 0.1) is 0 Å². The van der Waals surface area contributed by atoms with Crippen LogP contribution < -0.4 is 0 Å². The van der Waals surface area contributed by atoms with Gasteiger partial charge < -0.3 is 0 Å². The second kappa shape index (κ2) is 3.97. The number of benzene rings is 3. The van der Waals surface area contributed by atoms with Crippen molar-refractivity contribution in [1.82, 2.24) is 0 Å². The molecule has 0 aliphatic carbocycles. The van der Waals surface area contributed by atoms with Crippen molar-refractivity contribution >= 4 is 43.8 Å². The predicted octanol–water partition coefficient (Wildman–Crippen LogP) is 4.57. The Morgan fingerprint density at radius 1 is 0.882 bits per heavy atom. The highest BCUT2D eigenvalue weighted by atomic mass is 79.9. The third kappa shape index (κ3) is 1.65. The molecule has 0 spiro atoms. The van der Waals surface area contributed by atoms with Crippen LogP contribution in [-0.4, -0.2) is 6.29 Å². The highest BCUT2D eigenvalue weighted by Gasteiger charge is 2.04. The lowest BCUT2D eigenvalue weighted by Crippen LogP contribution is -1.83. The minimum atomic E-state index is 0.708. The second-order valence-electron chi connectivity index (χ2n) is 4.00. The number of halogens is 1. The largest absolute Gasteiger partial charge is 0.298 e. The molecule has 3 rings (SSSR count). The lowest BCUT2D eigenvalue weighted by Gasteiger charge is -2.06. The topological polar surface area (TPSA) is 17.1 Å². The van der Waals surface area contributed by atoms with Gasteiger partial charge in [0.25, 0.3) is 0 Å². The van der Waals surface area contributed by atoms with Crippen molar-refractivity contribution in [2.75, 3.05) is 0 Å². The zero-order valence-electron chi connectivity index (χ0n) is 8.98. The SMILES string of the molecule is O=Cc1ccc2c(c1)cc(Br)c1ccccc12. The molecule has 0 radical (unpaired) electrons. The van der Waals surface area contributed by atoms with Gasteiger partial charge in [0.1, 0.15) is 6.29 Å². The number of hydrogen-bond acceptors (Lipinski definition) is 1. The molecule has 0 amide bonds. The maximum absolute atomic E-state index is 10.8. The molecule has 0 saturated carbocycles. The minimum absolute atomic E-state index is 0.708. The summed E-state index contributed by atoms with van der Waals surface area (Å²) < 4.78 is 1.06. The minimum Gasteiger partial charge on any atom is -0.298 e. The van der Waals surface area contributed by atoms with Gasteiger partial charge in [0, 0.05) is 10.0 Å². The fourth-order valence-electron chi connectivity index (χ4n) is 2.16. The van der Waals surface area contributed by atoms with Crippen molar-refractivity contribution in [2.24, 2.45) is 0 Å². The molecule has 17 heavy (non-hydrogen) atoms. The summed E-state index contributed by atoms with van der Waals surface area (Å²) >= 11 is 3.58. The van der Waals surface area contributed by atoms with Gasteiger partial charge in [-0.25, -0.2) is 0 Å². The smallest absolute Gasteiger partial charge is 0.150 e. The van der Waals surface area contributed by atoms with Crippen molar-refractivity contribution in [1.29, 1.82) is 0 Å². The first-order valence-electron chi connectivity index (χ1n) is 5.36. The van der Waals surface area contributed by atoms with Gasteiger partial charge in [-0.05, 0) is 33.7 Å². The molecule has 0 unspecified atom stereocenters. The van der Waals surface area contributed by atoms with Crippen LogP contribution in [0.4, 0.5) is 0 Å². The van der Waals surface area contributed by atoms with Crippen LogP contribution >= 0.6 is 15.9 Å². The van der Waals surface area contributed by atoms with Gasteiger partial charge in [-0.1, -0.05) is 52.3 Å². The summed E-state index contributed by atoms with van der Waals surface area (Å²) in [6, 6.07) is 16.1. The molecule has 0 N–H and O–H groups in total. The van der Waals surface area contributed by atoms with Crippen LogP contribution in [0.15, 0.2) is 53.0 Å². The maximum Gasteiger partial charge on any atom is 0.150 e. The molecule has 0 heterocycles. The van der Waals surface area contributed by atoms with E-state index in [9.17, 15) is 4.79 Å². The summed E-state index contributed by atoms with van der Waals surface area (Å²) in [5.74, 6) is 0. The molecule has 0 aromatic heterocycles. The number of carbonyl (C=O) groups excluding carboxylic acids is 1. The summed E-state index contributed by atoms with van der Waals surface area (Å²) in [6.07, 6.45) is 0.878. The molecule has 0 fully saturated rings. The Labute approximate surface area is 107 Å². The standard InChI is InChI=1S/C15H9BrO/c16-15-8-11-7-10(9-17)5-6-12(11)13-3-1-2-4-14(13)15/h1-9H. The molecule has 0 saturated heterocycles. The Bertz CT molecular complexity index is 731. The summed E-state index contributed by atoms with van der Waals surface area (Å²) in [4.78, 5) is 10.8. The molecule has 2 heteroatoms. The lowest BCUT2D eigenvalue weighted by molar-refractivity contribution is 0.112. The number of rotatable bonds is 1. The molecule has 3 aromatic carbocycles. The van der Waals surface area contributed by atoms with Gasteiger partial charge in [0.05, 0.1) is 0 Å². The number of carbonyl (C=O) groups is 1. The maximum atomic E-state index is 10.8. The van der Waals surface area contributed by atoms with E-state index in [4.69, 9.17) is 0 Å². The summed E-state index contributed by atoms with van der Waals surface area (Å²) in [5.41, 5.74) is 0.708. The van der Waals surface area contributed by atoms with Crippen molar-refractivity contribution in [3.05, 3.63) is 58.6 Å². The average Bonchev–Trinajstić information content (AvgIpc) is 2.38. The van der Waals surface area contributed by atoms with E-state index in [0.29, 0.717) is 5.56 Å². The lowest BCUT2D eigenvalue weighted by atomic mass is 10.0. The van der Waals surface area contributed by atoms with Crippen LogP contribution in [0.2, 0.25) is 0 Å². The van der Waals surface area contributed by atoms with Gasteiger partial charge >= 0.3 is 0 Å². The van der Waals surface area contributed by atoms with Crippen LogP contribution in [0.1, 0.15) is 10.4 Å². The Morgan fingerprint density at radius 2 is 1.65 bits per heavy atom. The zero-order valence-corrected chi connectivity index (χ0v) is 10.6. The van der Waals surface area contributed by atoms with E-state index >= 15 is 0 Å². The number of aldehydes is 1. The van der Waals surface area contributed by atoms with Gasteiger partial charge in [-0.3, -0.25) is 4.79 Å². The Kier molecular flexibility index (Phi) is 2.45.